The van der Waals surface area contributed by atoms with Gasteiger partial charge in [0, 0.05) is 29.1 Å². The summed E-state index contributed by atoms with van der Waals surface area (Å²) in [6.45, 7) is 6.39. The van der Waals surface area contributed by atoms with Gasteiger partial charge in [0.1, 0.15) is 18.4 Å². The Kier molecular flexibility index (Phi) is 10.7. The van der Waals surface area contributed by atoms with Crippen LogP contribution in [0, 0.1) is 12.7 Å². The van der Waals surface area contributed by atoms with E-state index in [1.54, 1.807) is 30.3 Å². The Hall–Kier alpha value is -4.21. The van der Waals surface area contributed by atoms with Gasteiger partial charge in [-0.05, 0) is 81.3 Å². The number of hydrogen-bond acceptors (Lipinski definition) is 4. The summed E-state index contributed by atoms with van der Waals surface area (Å²) in [5, 5.41) is 3.32. The van der Waals surface area contributed by atoms with E-state index in [1.807, 2.05) is 64.1 Å². The zero-order valence-corrected chi connectivity index (χ0v) is 27.3. The fraction of sp³-hybridized carbons (Fsp3) is 0.257. The van der Waals surface area contributed by atoms with Gasteiger partial charge in [-0.15, -0.1) is 0 Å². The minimum Gasteiger partial charge on any atom is -0.350 e. The minimum atomic E-state index is -4.28. The van der Waals surface area contributed by atoms with Crippen molar-refractivity contribution in [3.8, 4) is 0 Å². The Morgan fingerprint density at radius 3 is 2.16 bits per heavy atom. The maximum Gasteiger partial charge on any atom is 0.264 e. The van der Waals surface area contributed by atoms with Crippen LogP contribution in [0.15, 0.2) is 108 Å². The first-order chi connectivity index (χ1) is 21.2. The lowest BCUT2D eigenvalue weighted by Crippen LogP contribution is -2.56. The molecule has 10 heteroatoms. The SMILES string of the molecule is Cc1cccc(N(CC(=O)N(Cc2ccccc2F)C(Cc2ccccc2)C(=O)NC(C)(C)C)S(=O)(=O)c2ccc(Cl)cc2)c1. The summed E-state index contributed by atoms with van der Waals surface area (Å²) in [6.07, 6.45) is 0.122. The van der Waals surface area contributed by atoms with Crippen LogP contribution in [0.2, 0.25) is 5.02 Å². The molecule has 4 rings (SSSR count). The van der Waals surface area contributed by atoms with Crippen molar-refractivity contribution < 1.29 is 22.4 Å². The number of carbonyl (C=O) groups excluding carboxylic acids is 2. The first kappa shape index (κ1) is 33.7. The topological polar surface area (TPSA) is 86.8 Å². The molecule has 0 bridgehead atoms. The van der Waals surface area contributed by atoms with E-state index >= 15 is 4.39 Å². The second-order valence-electron chi connectivity index (χ2n) is 11.9. The van der Waals surface area contributed by atoms with Crippen LogP contribution in [-0.4, -0.2) is 43.3 Å². The molecule has 1 N–H and O–H groups in total. The second-order valence-corrected chi connectivity index (χ2v) is 14.2. The van der Waals surface area contributed by atoms with Crippen LogP contribution >= 0.6 is 11.6 Å². The van der Waals surface area contributed by atoms with E-state index in [2.05, 4.69) is 5.32 Å². The second kappa shape index (κ2) is 14.3. The van der Waals surface area contributed by atoms with E-state index in [4.69, 9.17) is 11.6 Å². The van der Waals surface area contributed by atoms with Gasteiger partial charge in [0.15, 0.2) is 0 Å². The number of carbonyl (C=O) groups is 2. The molecule has 0 saturated carbocycles. The van der Waals surface area contributed by atoms with Gasteiger partial charge < -0.3 is 10.2 Å². The molecule has 4 aromatic carbocycles. The number of benzene rings is 4. The van der Waals surface area contributed by atoms with E-state index in [0.717, 1.165) is 15.4 Å². The van der Waals surface area contributed by atoms with Crippen molar-refractivity contribution in [1.82, 2.24) is 10.2 Å². The third kappa shape index (κ3) is 8.93. The molecule has 0 aromatic heterocycles. The van der Waals surface area contributed by atoms with Gasteiger partial charge in [-0.1, -0.05) is 72.3 Å². The highest BCUT2D eigenvalue weighted by atomic mass is 35.5. The van der Waals surface area contributed by atoms with Crippen LogP contribution in [-0.2, 0) is 32.6 Å². The van der Waals surface area contributed by atoms with Crippen molar-refractivity contribution in [2.75, 3.05) is 10.8 Å². The Labute approximate surface area is 269 Å². The van der Waals surface area contributed by atoms with Crippen molar-refractivity contribution in [3.63, 3.8) is 0 Å². The number of aryl methyl sites for hydroxylation is 1. The number of anilines is 1. The lowest BCUT2D eigenvalue weighted by molar-refractivity contribution is -0.140. The molecule has 0 aliphatic carbocycles. The number of amides is 2. The van der Waals surface area contributed by atoms with Gasteiger partial charge in [0.25, 0.3) is 10.0 Å². The van der Waals surface area contributed by atoms with Crippen molar-refractivity contribution in [1.29, 1.82) is 0 Å². The van der Waals surface area contributed by atoms with Gasteiger partial charge in [0.05, 0.1) is 10.6 Å². The normalized spacial score (nSPS) is 12.3. The number of halogens is 2. The van der Waals surface area contributed by atoms with E-state index in [1.165, 1.54) is 41.3 Å². The average Bonchev–Trinajstić information content (AvgIpc) is 2.98. The first-order valence-electron chi connectivity index (χ1n) is 14.5. The molecule has 0 saturated heterocycles. The van der Waals surface area contributed by atoms with Crippen molar-refractivity contribution in [2.45, 2.75) is 57.1 Å². The van der Waals surface area contributed by atoms with Crippen molar-refractivity contribution in [2.24, 2.45) is 0 Å². The first-order valence-corrected chi connectivity index (χ1v) is 16.3. The van der Waals surface area contributed by atoms with Gasteiger partial charge >= 0.3 is 0 Å². The molecular weight excluding hydrogens is 613 g/mol. The summed E-state index contributed by atoms with van der Waals surface area (Å²) < 4.78 is 44.2. The zero-order chi connectivity index (χ0) is 32.8. The van der Waals surface area contributed by atoms with E-state index < -0.39 is 45.8 Å². The number of sulfonamides is 1. The van der Waals surface area contributed by atoms with E-state index in [9.17, 15) is 18.0 Å². The molecule has 0 fully saturated rings. The number of nitrogens with one attached hydrogen (secondary N) is 1. The predicted octanol–water partition coefficient (Wildman–Crippen LogP) is 6.54. The lowest BCUT2D eigenvalue weighted by atomic mass is 10.0. The Bertz CT molecular complexity index is 1740. The zero-order valence-electron chi connectivity index (χ0n) is 25.7. The predicted molar refractivity (Wildman–Crippen MR) is 176 cm³/mol. The monoisotopic (exact) mass is 649 g/mol. The van der Waals surface area contributed by atoms with Crippen LogP contribution in [0.1, 0.15) is 37.5 Å². The molecule has 2 amide bonds. The van der Waals surface area contributed by atoms with Crippen LogP contribution in [0.3, 0.4) is 0 Å². The molecule has 0 aliphatic rings. The summed E-state index contributed by atoms with van der Waals surface area (Å²) in [7, 11) is -4.28. The van der Waals surface area contributed by atoms with Crippen molar-refractivity contribution in [3.05, 3.63) is 131 Å². The Balaban J connectivity index is 1.83. The summed E-state index contributed by atoms with van der Waals surface area (Å²) in [4.78, 5) is 29.6. The Morgan fingerprint density at radius 1 is 0.889 bits per heavy atom. The van der Waals surface area contributed by atoms with E-state index in [0.29, 0.717) is 5.02 Å². The molecule has 0 radical (unpaired) electrons. The molecular formula is C35H37ClFN3O4S. The van der Waals surface area contributed by atoms with Crippen molar-refractivity contribution >= 4 is 39.1 Å². The summed E-state index contributed by atoms with van der Waals surface area (Å²) in [5.41, 5.74) is 1.38. The molecule has 1 unspecified atom stereocenters. The summed E-state index contributed by atoms with van der Waals surface area (Å²) in [6, 6.07) is 26.5. The molecule has 7 nitrogen and oxygen atoms in total. The van der Waals surface area contributed by atoms with Crippen LogP contribution in [0.5, 0.6) is 0 Å². The van der Waals surface area contributed by atoms with Gasteiger partial charge in [-0.25, -0.2) is 12.8 Å². The minimum absolute atomic E-state index is 0.0619. The maximum atomic E-state index is 15.0. The molecule has 0 aliphatic heterocycles. The molecule has 4 aromatic rings. The smallest absolute Gasteiger partial charge is 0.264 e. The number of nitrogens with zero attached hydrogens (tertiary/aromatic N) is 2. The van der Waals surface area contributed by atoms with Gasteiger partial charge in [0.2, 0.25) is 11.8 Å². The van der Waals surface area contributed by atoms with Crippen LogP contribution in [0.4, 0.5) is 10.1 Å². The lowest BCUT2D eigenvalue weighted by Gasteiger charge is -2.35. The highest BCUT2D eigenvalue weighted by molar-refractivity contribution is 7.92. The standard InChI is InChI=1S/C35H37ClFN3O4S/c1-25-11-10-15-29(21-25)40(45(43,44)30-19-17-28(36)18-20-30)24-33(41)39(23-27-14-8-9-16-31(27)37)32(34(42)38-35(2,3)4)22-26-12-6-5-7-13-26/h5-21,32H,22-24H2,1-4H3,(H,38,42). The number of hydrogen-bond donors (Lipinski definition) is 1. The molecule has 45 heavy (non-hydrogen) atoms. The number of rotatable bonds is 11. The molecule has 0 heterocycles. The van der Waals surface area contributed by atoms with Crippen LogP contribution in [0.25, 0.3) is 0 Å². The molecule has 236 valence electrons. The third-order valence-electron chi connectivity index (χ3n) is 7.04. The largest absolute Gasteiger partial charge is 0.350 e. The quantitative estimate of drug-likeness (QED) is 0.200. The highest BCUT2D eigenvalue weighted by Gasteiger charge is 2.36. The fourth-order valence-corrected chi connectivity index (χ4v) is 6.39. The van der Waals surface area contributed by atoms with Gasteiger partial charge in [-0.3, -0.25) is 13.9 Å². The van der Waals surface area contributed by atoms with E-state index in [-0.39, 0.29) is 29.1 Å². The fourth-order valence-electron chi connectivity index (χ4n) is 4.86. The van der Waals surface area contributed by atoms with Gasteiger partial charge in [-0.2, -0.15) is 0 Å². The average molecular weight is 650 g/mol. The highest BCUT2D eigenvalue weighted by Crippen LogP contribution is 2.27. The molecule has 1 atom stereocenters. The van der Waals surface area contributed by atoms with Crippen LogP contribution < -0.4 is 9.62 Å². The molecule has 0 spiro atoms. The summed E-state index contributed by atoms with van der Waals surface area (Å²) >= 11 is 6.03. The maximum absolute atomic E-state index is 15.0. The summed E-state index contributed by atoms with van der Waals surface area (Å²) in [5.74, 6) is -1.67. The third-order valence-corrected chi connectivity index (χ3v) is 9.08. The Morgan fingerprint density at radius 2 is 1.53 bits per heavy atom.